The average molecular weight is 155 g/mol. The maximum Gasteiger partial charge on any atom is 0.312 e. The number of azide groups is 1. The monoisotopic (exact) mass is 155 g/mol. The molecule has 1 fully saturated rings. The molecule has 0 radical (unpaired) electrons. The van der Waals surface area contributed by atoms with Crippen LogP contribution in [0.3, 0.4) is 0 Å². The van der Waals surface area contributed by atoms with E-state index in [1.165, 1.54) is 0 Å². The number of carboxylic acid groups (broad SMARTS) is 1. The summed E-state index contributed by atoms with van der Waals surface area (Å²) in [4.78, 5) is 12.9. The van der Waals surface area contributed by atoms with E-state index in [0.29, 0.717) is 5.92 Å². The van der Waals surface area contributed by atoms with Gasteiger partial charge in [0.05, 0.1) is 0 Å². The first-order valence-corrected chi connectivity index (χ1v) is 3.44. The van der Waals surface area contributed by atoms with Gasteiger partial charge < -0.3 is 5.11 Å². The van der Waals surface area contributed by atoms with Gasteiger partial charge in [-0.1, -0.05) is 12.0 Å². The molecule has 0 aromatic heterocycles. The van der Waals surface area contributed by atoms with Crippen molar-refractivity contribution in [2.75, 3.05) is 0 Å². The Balaban J connectivity index is 2.60. The minimum atomic E-state index is -1.02. The van der Waals surface area contributed by atoms with Crippen LogP contribution in [0, 0.1) is 11.8 Å². The van der Waals surface area contributed by atoms with Gasteiger partial charge in [0.2, 0.25) is 0 Å². The number of carbonyl (C=O) groups is 1. The van der Waals surface area contributed by atoms with Gasteiger partial charge in [-0.25, -0.2) is 0 Å². The normalized spacial score (nSPS) is 30.3. The van der Waals surface area contributed by atoms with Crippen LogP contribution in [0.4, 0.5) is 0 Å². The average Bonchev–Trinajstić information content (AvgIpc) is 2.61. The number of carboxylic acids is 1. The highest BCUT2D eigenvalue weighted by atomic mass is 16.4. The molecule has 0 amide bonds. The number of hydrogen-bond donors (Lipinski definition) is 1. The summed E-state index contributed by atoms with van der Waals surface area (Å²) in [7, 11) is 0. The maximum atomic E-state index is 10.5. The molecule has 0 aromatic rings. The van der Waals surface area contributed by atoms with Crippen LogP contribution in [0.2, 0.25) is 0 Å². The second kappa shape index (κ2) is 2.80. The van der Waals surface area contributed by atoms with Gasteiger partial charge in [-0.2, -0.15) is 0 Å². The fraction of sp³-hybridized carbons (Fsp3) is 0.833. The van der Waals surface area contributed by atoms with Crippen molar-refractivity contribution >= 4 is 5.97 Å². The lowest BCUT2D eigenvalue weighted by atomic mass is 10.2. The van der Waals surface area contributed by atoms with Gasteiger partial charge >= 0.3 is 5.97 Å². The molecule has 3 atom stereocenters. The molecule has 0 heterocycles. The minimum absolute atomic E-state index is 0.0587. The second-order valence-electron chi connectivity index (χ2n) is 2.86. The molecule has 0 aliphatic heterocycles. The summed E-state index contributed by atoms with van der Waals surface area (Å²) in [5.74, 6) is -0.567. The highest BCUT2D eigenvalue weighted by molar-refractivity contribution is 5.74. The van der Waals surface area contributed by atoms with Crippen LogP contribution in [0.25, 0.3) is 10.4 Å². The smallest absolute Gasteiger partial charge is 0.312 e. The topological polar surface area (TPSA) is 86.1 Å². The molecule has 5 heteroatoms. The highest BCUT2D eigenvalue weighted by Gasteiger charge is 2.42. The van der Waals surface area contributed by atoms with E-state index in [2.05, 4.69) is 10.0 Å². The molecule has 60 valence electrons. The first-order valence-electron chi connectivity index (χ1n) is 3.44. The predicted octanol–water partition coefficient (Wildman–Crippen LogP) is 1.41. The Bertz CT molecular complexity index is 220. The van der Waals surface area contributed by atoms with Crippen molar-refractivity contribution in [2.24, 2.45) is 17.0 Å². The number of rotatable bonds is 3. The quantitative estimate of drug-likeness (QED) is 0.379. The van der Waals surface area contributed by atoms with Gasteiger partial charge in [0.1, 0.15) is 6.04 Å². The fourth-order valence-electron chi connectivity index (χ4n) is 1.16. The summed E-state index contributed by atoms with van der Waals surface area (Å²) in [5.41, 5.74) is 8.04. The zero-order valence-corrected chi connectivity index (χ0v) is 6.14. The standard InChI is InChI=1S/C6H9N3O2/c1-3-2-4(3)5(6(10)11)8-9-7/h3-5H,2H2,1H3,(H,10,11)/t3?,4?,5-/m0/s1. The van der Waals surface area contributed by atoms with Gasteiger partial charge in [0.25, 0.3) is 0 Å². The molecule has 1 N–H and O–H groups in total. The lowest BCUT2D eigenvalue weighted by Gasteiger charge is -2.01. The van der Waals surface area contributed by atoms with E-state index < -0.39 is 12.0 Å². The lowest BCUT2D eigenvalue weighted by molar-refractivity contribution is -0.139. The number of nitrogens with zero attached hydrogens (tertiary/aromatic N) is 3. The third kappa shape index (κ3) is 1.62. The number of aliphatic carboxylic acids is 1. The first kappa shape index (κ1) is 7.88. The van der Waals surface area contributed by atoms with Crippen molar-refractivity contribution in [3.05, 3.63) is 10.4 Å². The van der Waals surface area contributed by atoms with Crippen LogP contribution in [0.15, 0.2) is 5.11 Å². The second-order valence-corrected chi connectivity index (χ2v) is 2.86. The van der Waals surface area contributed by atoms with Gasteiger partial charge in [0, 0.05) is 4.91 Å². The third-order valence-electron chi connectivity index (χ3n) is 2.01. The zero-order chi connectivity index (χ0) is 8.43. The third-order valence-corrected chi connectivity index (χ3v) is 2.01. The summed E-state index contributed by atoms with van der Waals surface area (Å²) in [6.07, 6.45) is 0.857. The summed E-state index contributed by atoms with van der Waals surface area (Å²) < 4.78 is 0. The van der Waals surface area contributed by atoms with Gasteiger partial charge in [0.15, 0.2) is 0 Å². The Morgan fingerprint density at radius 3 is 2.73 bits per heavy atom. The van der Waals surface area contributed by atoms with Crippen LogP contribution in [0.5, 0.6) is 0 Å². The van der Waals surface area contributed by atoms with E-state index in [-0.39, 0.29) is 5.92 Å². The van der Waals surface area contributed by atoms with Crippen molar-refractivity contribution in [1.82, 2.24) is 0 Å². The molecule has 2 unspecified atom stereocenters. The summed E-state index contributed by atoms with van der Waals surface area (Å²) in [5, 5.41) is 11.8. The van der Waals surface area contributed by atoms with Crippen molar-refractivity contribution in [3.63, 3.8) is 0 Å². The Hall–Kier alpha value is -1.22. The molecule has 1 aliphatic rings. The predicted molar refractivity (Wildman–Crippen MR) is 37.8 cm³/mol. The van der Waals surface area contributed by atoms with E-state index in [1.807, 2.05) is 6.92 Å². The molecule has 0 aromatic carbocycles. The number of hydrogen-bond acceptors (Lipinski definition) is 2. The van der Waals surface area contributed by atoms with Crippen molar-refractivity contribution in [3.8, 4) is 0 Å². The molecule has 5 nitrogen and oxygen atoms in total. The van der Waals surface area contributed by atoms with Crippen molar-refractivity contribution < 1.29 is 9.90 Å². The van der Waals surface area contributed by atoms with Gasteiger partial charge in [-0.3, -0.25) is 4.79 Å². The van der Waals surface area contributed by atoms with Crippen LogP contribution < -0.4 is 0 Å². The molecule has 11 heavy (non-hydrogen) atoms. The molecule has 1 rings (SSSR count). The van der Waals surface area contributed by atoms with Crippen LogP contribution >= 0.6 is 0 Å². The first-order chi connectivity index (χ1) is 5.16. The highest BCUT2D eigenvalue weighted by Crippen LogP contribution is 2.41. The Kier molecular flexibility index (Phi) is 2.01. The Morgan fingerprint density at radius 1 is 1.91 bits per heavy atom. The van der Waals surface area contributed by atoms with E-state index in [1.54, 1.807) is 0 Å². The van der Waals surface area contributed by atoms with E-state index in [4.69, 9.17) is 10.6 Å². The van der Waals surface area contributed by atoms with Gasteiger partial charge in [-0.15, -0.1) is 0 Å². The Labute approximate surface area is 63.6 Å². The molecular formula is C6H9N3O2. The lowest BCUT2D eigenvalue weighted by Crippen LogP contribution is -2.19. The SMILES string of the molecule is CC1CC1[C@H](N=[N+]=[N-])C(=O)O. The van der Waals surface area contributed by atoms with Crippen LogP contribution in [-0.2, 0) is 4.79 Å². The molecular weight excluding hydrogens is 146 g/mol. The van der Waals surface area contributed by atoms with E-state index in [9.17, 15) is 4.79 Å². The summed E-state index contributed by atoms with van der Waals surface area (Å²) >= 11 is 0. The molecule has 0 bridgehead atoms. The Morgan fingerprint density at radius 2 is 2.45 bits per heavy atom. The molecule has 1 aliphatic carbocycles. The fourth-order valence-corrected chi connectivity index (χ4v) is 1.16. The largest absolute Gasteiger partial charge is 0.481 e. The van der Waals surface area contributed by atoms with Crippen LogP contribution in [0.1, 0.15) is 13.3 Å². The zero-order valence-electron chi connectivity index (χ0n) is 6.14. The minimum Gasteiger partial charge on any atom is -0.481 e. The van der Waals surface area contributed by atoms with E-state index >= 15 is 0 Å². The molecule has 0 saturated heterocycles. The van der Waals surface area contributed by atoms with E-state index in [0.717, 1.165) is 6.42 Å². The molecule has 0 spiro atoms. The van der Waals surface area contributed by atoms with Crippen LogP contribution in [-0.4, -0.2) is 17.1 Å². The molecule has 1 saturated carbocycles. The van der Waals surface area contributed by atoms with Crippen molar-refractivity contribution in [2.45, 2.75) is 19.4 Å². The summed E-state index contributed by atoms with van der Waals surface area (Å²) in [6, 6.07) is -0.852. The maximum absolute atomic E-state index is 10.5. The summed E-state index contributed by atoms with van der Waals surface area (Å²) in [6.45, 7) is 1.95. The van der Waals surface area contributed by atoms with Crippen molar-refractivity contribution in [1.29, 1.82) is 0 Å². The van der Waals surface area contributed by atoms with Gasteiger partial charge in [-0.05, 0) is 23.8 Å².